The van der Waals surface area contributed by atoms with Crippen LogP contribution in [0.15, 0.2) is 34.9 Å². The van der Waals surface area contributed by atoms with Crippen LogP contribution < -0.4 is 10.1 Å². The number of allylic oxidation sites excluding steroid dienone is 1. The van der Waals surface area contributed by atoms with Gasteiger partial charge >= 0.3 is 5.97 Å². The van der Waals surface area contributed by atoms with Crippen molar-refractivity contribution in [2.24, 2.45) is 0 Å². The van der Waals surface area contributed by atoms with Crippen LogP contribution in [-0.2, 0) is 30.4 Å². The zero-order valence-electron chi connectivity index (χ0n) is 15.7. The van der Waals surface area contributed by atoms with Gasteiger partial charge in [0.15, 0.2) is 0 Å². The van der Waals surface area contributed by atoms with E-state index >= 15 is 0 Å². The van der Waals surface area contributed by atoms with Crippen molar-refractivity contribution in [3.63, 3.8) is 0 Å². The first-order valence-electron chi connectivity index (χ1n) is 8.26. The van der Waals surface area contributed by atoms with Gasteiger partial charge in [-0.1, -0.05) is 0 Å². The molecule has 0 spiro atoms. The second kappa shape index (κ2) is 11.6. The Morgan fingerprint density at radius 3 is 2.15 bits per heavy atom. The van der Waals surface area contributed by atoms with Crippen molar-refractivity contribution < 1.29 is 23.3 Å². The highest BCUT2D eigenvalue weighted by molar-refractivity contribution is 8.69. The maximum atomic E-state index is 12.5. The van der Waals surface area contributed by atoms with Gasteiger partial charge in [0.2, 0.25) is 0 Å². The number of anilines is 1. The normalized spacial score (nSPS) is 12.3. The van der Waals surface area contributed by atoms with E-state index in [2.05, 4.69) is 5.32 Å². The SMILES string of the molecule is CCOC(=O)/C(SP(=S)(OCC)OCC)=C(\C)Nc1ccc(OC)cc1. The summed E-state index contributed by atoms with van der Waals surface area (Å²) in [5.41, 5.74) is -1.26. The van der Waals surface area contributed by atoms with Gasteiger partial charge in [-0.3, -0.25) is 0 Å². The zero-order chi connectivity index (χ0) is 19.6. The van der Waals surface area contributed by atoms with Gasteiger partial charge in [-0.2, -0.15) is 0 Å². The molecule has 0 aliphatic heterocycles. The molecule has 0 amide bonds. The van der Waals surface area contributed by atoms with E-state index in [1.807, 2.05) is 38.1 Å². The van der Waals surface area contributed by atoms with Crippen molar-refractivity contribution in [2.45, 2.75) is 27.7 Å². The topological polar surface area (TPSA) is 66.0 Å². The first kappa shape index (κ1) is 23.0. The van der Waals surface area contributed by atoms with E-state index in [1.54, 1.807) is 21.0 Å². The van der Waals surface area contributed by atoms with Crippen LogP contribution >= 0.6 is 17.1 Å². The number of carbonyl (C=O) groups excluding carboxylic acids is 1. The lowest BCUT2D eigenvalue weighted by molar-refractivity contribution is -0.137. The van der Waals surface area contributed by atoms with Crippen molar-refractivity contribution in [2.75, 3.05) is 32.2 Å². The van der Waals surface area contributed by atoms with Crippen molar-refractivity contribution >= 4 is 40.5 Å². The molecule has 9 heteroatoms. The number of esters is 1. The quantitative estimate of drug-likeness (QED) is 0.308. The lowest BCUT2D eigenvalue weighted by Crippen LogP contribution is -2.11. The molecule has 0 saturated carbocycles. The number of hydrogen-bond donors (Lipinski definition) is 1. The molecule has 0 aromatic heterocycles. The molecule has 1 aromatic rings. The summed E-state index contributed by atoms with van der Waals surface area (Å²) in [5.74, 6) is 0.296. The Hall–Kier alpha value is -1.05. The summed E-state index contributed by atoms with van der Waals surface area (Å²) in [6.45, 7) is 8.32. The summed E-state index contributed by atoms with van der Waals surface area (Å²) >= 11 is 6.66. The van der Waals surface area contributed by atoms with Crippen LogP contribution in [0.1, 0.15) is 27.7 Å². The zero-order valence-corrected chi connectivity index (χ0v) is 18.3. The van der Waals surface area contributed by atoms with E-state index in [0.29, 0.717) is 23.8 Å². The van der Waals surface area contributed by atoms with E-state index in [1.165, 1.54) is 0 Å². The Kier molecular flexibility index (Phi) is 10.3. The minimum atomic E-state index is -2.69. The van der Waals surface area contributed by atoms with Crippen molar-refractivity contribution in [3.8, 4) is 5.75 Å². The monoisotopic (exact) mass is 419 g/mol. The van der Waals surface area contributed by atoms with Gasteiger partial charge in [0.25, 0.3) is 5.69 Å². The number of methoxy groups -OCH3 is 1. The first-order valence-corrected chi connectivity index (χ1v) is 12.3. The fourth-order valence-electron chi connectivity index (χ4n) is 1.92. The Morgan fingerprint density at radius 1 is 1.12 bits per heavy atom. The van der Waals surface area contributed by atoms with Gasteiger partial charge in [0.1, 0.15) is 10.7 Å². The molecular weight excluding hydrogens is 393 g/mol. The third-order valence-electron chi connectivity index (χ3n) is 3.00. The number of ether oxygens (including phenoxy) is 2. The second-order valence-electron chi connectivity index (χ2n) is 4.90. The Morgan fingerprint density at radius 2 is 1.69 bits per heavy atom. The van der Waals surface area contributed by atoms with Crippen LogP contribution in [0.3, 0.4) is 0 Å². The molecule has 0 bridgehead atoms. The average molecular weight is 420 g/mol. The molecule has 1 N–H and O–H groups in total. The Bertz CT molecular complexity index is 654. The number of carbonyl (C=O) groups is 1. The molecule has 0 fully saturated rings. The molecule has 26 heavy (non-hydrogen) atoms. The first-order chi connectivity index (χ1) is 12.4. The fourth-order valence-corrected chi connectivity index (χ4v) is 6.84. The van der Waals surface area contributed by atoms with E-state index in [-0.39, 0.29) is 6.61 Å². The van der Waals surface area contributed by atoms with E-state index in [9.17, 15) is 4.79 Å². The summed E-state index contributed by atoms with van der Waals surface area (Å²) in [5, 5.41) is 3.20. The Balaban J connectivity index is 3.13. The van der Waals surface area contributed by atoms with Crippen LogP contribution in [-0.4, -0.2) is 32.9 Å². The summed E-state index contributed by atoms with van der Waals surface area (Å²) in [6.07, 6.45) is 0. The van der Waals surface area contributed by atoms with Gasteiger partial charge < -0.3 is 23.8 Å². The molecule has 0 unspecified atom stereocenters. The predicted octanol–water partition coefficient (Wildman–Crippen LogP) is 4.93. The van der Waals surface area contributed by atoms with Gasteiger partial charge in [-0.25, -0.2) is 4.79 Å². The van der Waals surface area contributed by atoms with Crippen molar-refractivity contribution in [1.82, 2.24) is 0 Å². The summed E-state index contributed by atoms with van der Waals surface area (Å²) in [7, 11) is 1.61. The van der Waals surface area contributed by atoms with Crippen LogP contribution in [0.2, 0.25) is 0 Å². The third kappa shape index (κ3) is 7.29. The lowest BCUT2D eigenvalue weighted by atomic mass is 10.3. The predicted molar refractivity (Wildman–Crippen MR) is 111 cm³/mol. The molecule has 0 heterocycles. The fraction of sp³-hybridized carbons (Fsp3) is 0.471. The minimum absolute atomic E-state index is 0.269. The molecule has 6 nitrogen and oxygen atoms in total. The summed E-state index contributed by atoms with van der Waals surface area (Å²) in [4.78, 5) is 12.8. The molecule has 0 atom stereocenters. The highest BCUT2D eigenvalue weighted by Crippen LogP contribution is 2.64. The summed E-state index contributed by atoms with van der Waals surface area (Å²) in [6, 6.07) is 7.38. The molecule has 0 aliphatic carbocycles. The van der Waals surface area contributed by atoms with Crippen LogP contribution in [0.4, 0.5) is 5.69 Å². The summed E-state index contributed by atoms with van der Waals surface area (Å²) < 4.78 is 21.6. The maximum Gasteiger partial charge on any atom is 0.346 e. The van der Waals surface area contributed by atoms with Gasteiger partial charge in [0, 0.05) is 11.4 Å². The van der Waals surface area contributed by atoms with Crippen LogP contribution in [0, 0.1) is 0 Å². The third-order valence-corrected chi connectivity index (χ3v) is 8.18. The van der Waals surface area contributed by atoms with Gasteiger partial charge in [-0.05, 0) is 75.1 Å². The number of hydrogen-bond acceptors (Lipinski definition) is 8. The number of benzene rings is 1. The van der Waals surface area contributed by atoms with E-state index < -0.39 is 11.7 Å². The molecule has 1 aromatic carbocycles. The van der Waals surface area contributed by atoms with Gasteiger partial charge in [0.05, 0.1) is 26.9 Å². The molecule has 0 saturated heterocycles. The standard InChI is InChI=1S/C17H26NO5PS2/c1-6-21-17(19)16(26-24(25,22-7-2)23-8-3)13(4)18-14-9-11-15(20-5)12-10-14/h9-12,18H,6-8H2,1-5H3/b16-13-. The second-order valence-corrected chi connectivity index (χ2v) is 11.0. The van der Waals surface area contributed by atoms with Crippen molar-refractivity contribution in [3.05, 3.63) is 34.9 Å². The Labute approximate surface area is 164 Å². The van der Waals surface area contributed by atoms with Gasteiger partial charge in [-0.15, -0.1) is 0 Å². The smallest absolute Gasteiger partial charge is 0.346 e. The van der Waals surface area contributed by atoms with Crippen LogP contribution in [0.25, 0.3) is 0 Å². The molecule has 0 radical (unpaired) electrons. The molecule has 0 aliphatic rings. The maximum absolute atomic E-state index is 12.5. The molecule has 1 rings (SSSR count). The lowest BCUT2D eigenvalue weighted by Gasteiger charge is -2.22. The molecular formula is C17H26NO5PS2. The van der Waals surface area contributed by atoms with E-state index in [4.69, 9.17) is 30.3 Å². The highest BCUT2D eigenvalue weighted by Gasteiger charge is 2.27. The average Bonchev–Trinajstić information content (AvgIpc) is 2.61. The molecule has 146 valence electrons. The highest BCUT2D eigenvalue weighted by atomic mass is 32.9. The van der Waals surface area contributed by atoms with E-state index in [0.717, 1.165) is 22.8 Å². The number of rotatable bonds is 11. The van der Waals surface area contributed by atoms with Crippen molar-refractivity contribution in [1.29, 1.82) is 0 Å². The number of nitrogens with one attached hydrogen (secondary N) is 1. The largest absolute Gasteiger partial charge is 0.497 e. The van der Waals surface area contributed by atoms with Crippen LogP contribution in [0.5, 0.6) is 5.75 Å². The minimum Gasteiger partial charge on any atom is -0.497 e.